The van der Waals surface area contributed by atoms with Crippen molar-refractivity contribution < 1.29 is 27.9 Å². The van der Waals surface area contributed by atoms with E-state index in [9.17, 15) is 13.2 Å². The first kappa shape index (κ1) is 21.3. The molecule has 0 bridgehead atoms. The molecule has 0 aromatic heterocycles. The number of benzene rings is 2. The fourth-order valence-corrected chi connectivity index (χ4v) is 5.23. The molecule has 0 saturated carbocycles. The molecule has 0 unspecified atom stereocenters. The molecule has 1 saturated heterocycles. The summed E-state index contributed by atoms with van der Waals surface area (Å²) in [5, 5.41) is 8.63. The minimum Gasteiger partial charge on any atom is -0.454 e. The Kier molecular flexibility index (Phi) is 6.23. The largest absolute Gasteiger partial charge is 0.454 e. The minimum absolute atomic E-state index is 0.126. The van der Waals surface area contributed by atoms with Gasteiger partial charge in [0.15, 0.2) is 11.5 Å². The van der Waals surface area contributed by atoms with Gasteiger partial charge in [-0.3, -0.25) is 14.9 Å². The van der Waals surface area contributed by atoms with E-state index in [0.717, 1.165) is 23.1 Å². The monoisotopic (exact) mass is 445 g/mol. The molecule has 0 spiro atoms. The molecular formula is C21H23N3O6S. The van der Waals surface area contributed by atoms with Gasteiger partial charge < -0.3 is 9.47 Å². The summed E-state index contributed by atoms with van der Waals surface area (Å²) in [5.41, 5.74) is 2.95. The standard InChI is InChI=1S/C21H23N3O6S/c25-21(22-26)8-6-17-3-1-2-4-20(17)31(27,28)24-11-9-23(10-12-24)14-16-5-7-18-19(13-16)30-15-29-18/h1-8,13,26H,9-12,14-15H2,(H,22,25)/b8-6+. The van der Waals surface area contributed by atoms with Crippen molar-refractivity contribution in [2.75, 3.05) is 33.0 Å². The predicted molar refractivity (Wildman–Crippen MR) is 112 cm³/mol. The van der Waals surface area contributed by atoms with Crippen LogP contribution in [0.2, 0.25) is 0 Å². The topological polar surface area (TPSA) is 108 Å². The maximum Gasteiger partial charge on any atom is 0.267 e. The molecule has 2 N–H and O–H groups in total. The van der Waals surface area contributed by atoms with Gasteiger partial charge in [-0.1, -0.05) is 24.3 Å². The summed E-state index contributed by atoms with van der Waals surface area (Å²) < 4.78 is 38.6. The van der Waals surface area contributed by atoms with Gasteiger partial charge in [-0.15, -0.1) is 0 Å². The Morgan fingerprint density at radius 2 is 1.81 bits per heavy atom. The Morgan fingerprint density at radius 1 is 1.06 bits per heavy atom. The molecule has 4 rings (SSSR count). The summed E-state index contributed by atoms with van der Waals surface area (Å²) in [6.45, 7) is 2.85. The number of carbonyl (C=O) groups is 1. The average molecular weight is 445 g/mol. The number of nitrogens with zero attached hydrogens (tertiary/aromatic N) is 2. The van der Waals surface area contributed by atoms with Gasteiger partial charge in [0.1, 0.15) is 0 Å². The summed E-state index contributed by atoms with van der Waals surface area (Å²) >= 11 is 0. The van der Waals surface area contributed by atoms with E-state index in [1.165, 1.54) is 21.9 Å². The molecule has 31 heavy (non-hydrogen) atoms. The zero-order valence-electron chi connectivity index (χ0n) is 16.7. The number of ether oxygens (including phenoxy) is 2. The second-order valence-electron chi connectivity index (χ2n) is 7.22. The van der Waals surface area contributed by atoms with Crippen molar-refractivity contribution in [3.63, 3.8) is 0 Å². The summed E-state index contributed by atoms with van der Waals surface area (Å²) in [6, 6.07) is 12.3. The lowest BCUT2D eigenvalue weighted by molar-refractivity contribution is -0.124. The predicted octanol–water partition coefficient (Wildman–Crippen LogP) is 1.44. The number of hydrogen-bond donors (Lipinski definition) is 2. The number of nitrogens with one attached hydrogen (secondary N) is 1. The molecule has 0 atom stereocenters. The van der Waals surface area contributed by atoms with Gasteiger partial charge >= 0.3 is 0 Å². The van der Waals surface area contributed by atoms with Crippen LogP contribution in [0.3, 0.4) is 0 Å². The van der Waals surface area contributed by atoms with Crippen LogP contribution < -0.4 is 15.0 Å². The zero-order valence-corrected chi connectivity index (χ0v) is 17.5. The first-order valence-electron chi connectivity index (χ1n) is 9.79. The number of hydrogen-bond acceptors (Lipinski definition) is 7. The van der Waals surface area contributed by atoms with Crippen molar-refractivity contribution in [1.29, 1.82) is 0 Å². The minimum atomic E-state index is -3.73. The van der Waals surface area contributed by atoms with Crippen molar-refractivity contribution in [3.05, 3.63) is 59.7 Å². The third-order valence-corrected chi connectivity index (χ3v) is 7.21. The van der Waals surface area contributed by atoms with E-state index < -0.39 is 15.9 Å². The number of piperazine rings is 1. The molecule has 0 radical (unpaired) electrons. The third kappa shape index (κ3) is 4.72. The highest BCUT2D eigenvalue weighted by Gasteiger charge is 2.30. The molecule has 1 fully saturated rings. The Labute approximate surface area is 180 Å². The Morgan fingerprint density at radius 3 is 2.58 bits per heavy atom. The first-order chi connectivity index (χ1) is 15.0. The van der Waals surface area contributed by atoms with Crippen molar-refractivity contribution in [2.45, 2.75) is 11.4 Å². The van der Waals surface area contributed by atoms with Gasteiger partial charge in [-0.05, 0) is 35.4 Å². The van der Waals surface area contributed by atoms with Gasteiger partial charge in [-0.25, -0.2) is 13.9 Å². The van der Waals surface area contributed by atoms with Crippen molar-refractivity contribution >= 4 is 22.0 Å². The molecule has 0 aliphatic carbocycles. The Balaban J connectivity index is 1.42. The van der Waals surface area contributed by atoms with Gasteiger partial charge in [0.25, 0.3) is 5.91 Å². The highest BCUT2D eigenvalue weighted by atomic mass is 32.2. The fourth-order valence-electron chi connectivity index (χ4n) is 3.62. The fraction of sp³-hybridized carbons (Fsp3) is 0.286. The Hall–Kier alpha value is -2.92. The van der Waals surface area contributed by atoms with Crippen LogP contribution in [-0.4, -0.2) is 61.7 Å². The van der Waals surface area contributed by atoms with Crippen molar-refractivity contribution in [3.8, 4) is 11.5 Å². The first-order valence-corrected chi connectivity index (χ1v) is 11.2. The molecule has 1 amide bonds. The van der Waals surface area contributed by atoms with Crippen LogP contribution in [0.5, 0.6) is 11.5 Å². The van der Waals surface area contributed by atoms with E-state index in [1.54, 1.807) is 18.2 Å². The molecule has 10 heteroatoms. The molecular weight excluding hydrogens is 422 g/mol. The van der Waals surface area contributed by atoms with Gasteiger partial charge in [0.2, 0.25) is 16.8 Å². The van der Waals surface area contributed by atoms with E-state index in [1.807, 2.05) is 18.2 Å². The van der Waals surface area contributed by atoms with Crippen LogP contribution in [0.25, 0.3) is 6.08 Å². The summed E-state index contributed by atoms with van der Waals surface area (Å²) in [5.74, 6) is 0.742. The highest BCUT2D eigenvalue weighted by molar-refractivity contribution is 7.89. The second-order valence-corrected chi connectivity index (χ2v) is 9.12. The van der Waals surface area contributed by atoms with Crippen LogP contribution in [0.1, 0.15) is 11.1 Å². The number of sulfonamides is 1. The van der Waals surface area contributed by atoms with Crippen molar-refractivity contribution in [2.24, 2.45) is 0 Å². The van der Waals surface area contributed by atoms with Crippen molar-refractivity contribution in [1.82, 2.24) is 14.7 Å². The number of fused-ring (bicyclic) bond motifs is 1. The maximum atomic E-state index is 13.2. The maximum absolute atomic E-state index is 13.2. The number of rotatable bonds is 6. The Bertz CT molecular complexity index is 1090. The lowest BCUT2D eigenvalue weighted by Crippen LogP contribution is -2.48. The zero-order chi connectivity index (χ0) is 21.8. The highest BCUT2D eigenvalue weighted by Crippen LogP contribution is 2.33. The lowest BCUT2D eigenvalue weighted by atomic mass is 10.2. The average Bonchev–Trinajstić information content (AvgIpc) is 3.26. The van der Waals surface area contributed by atoms with Crippen LogP contribution in [-0.2, 0) is 21.4 Å². The van der Waals surface area contributed by atoms with E-state index in [-0.39, 0.29) is 11.7 Å². The van der Waals surface area contributed by atoms with Crippen LogP contribution in [0.4, 0.5) is 0 Å². The van der Waals surface area contributed by atoms with E-state index in [2.05, 4.69) is 4.90 Å². The third-order valence-electron chi connectivity index (χ3n) is 5.24. The summed E-state index contributed by atoms with van der Waals surface area (Å²) in [6.07, 6.45) is 2.45. The lowest BCUT2D eigenvalue weighted by Gasteiger charge is -2.34. The van der Waals surface area contributed by atoms with Crippen LogP contribution >= 0.6 is 0 Å². The molecule has 2 heterocycles. The van der Waals surface area contributed by atoms with E-state index in [0.29, 0.717) is 38.3 Å². The summed E-state index contributed by atoms with van der Waals surface area (Å²) in [7, 11) is -3.73. The molecule has 2 aromatic carbocycles. The van der Waals surface area contributed by atoms with Gasteiger partial charge in [0.05, 0.1) is 4.90 Å². The normalized spacial score (nSPS) is 17.2. The van der Waals surface area contributed by atoms with Gasteiger partial charge in [-0.2, -0.15) is 4.31 Å². The number of carbonyl (C=O) groups excluding carboxylic acids is 1. The molecule has 2 aliphatic rings. The summed E-state index contributed by atoms with van der Waals surface area (Å²) in [4.78, 5) is 13.6. The van der Waals surface area contributed by atoms with E-state index in [4.69, 9.17) is 14.7 Å². The molecule has 2 aromatic rings. The number of amides is 1. The SMILES string of the molecule is O=C(/C=C/c1ccccc1S(=O)(=O)N1CCN(Cc2ccc3c(c2)OCO3)CC1)NO. The van der Waals surface area contributed by atoms with Crippen LogP contribution in [0.15, 0.2) is 53.4 Å². The van der Waals surface area contributed by atoms with Gasteiger partial charge in [0, 0.05) is 38.8 Å². The van der Waals surface area contributed by atoms with E-state index >= 15 is 0 Å². The van der Waals surface area contributed by atoms with Crippen LogP contribution in [0, 0.1) is 0 Å². The quantitative estimate of drug-likeness (QED) is 0.393. The molecule has 164 valence electrons. The molecule has 2 aliphatic heterocycles. The smallest absolute Gasteiger partial charge is 0.267 e. The molecule has 9 nitrogen and oxygen atoms in total. The number of hydroxylamine groups is 1. The second kappa shape index (κ2) is 9.06.